The molecule has 0 atom stereocenters. The molecule has 0 radical (unpaired) electrons. The molecule has 0 aliphatic carbocycles. The second-order valence-electron chi connectivity index (χ2n) is 3.87. The van der Waals surface area contributed by atoms with Gasteiger partial charge in [0.2, 0.25) is 0 Å². The molecule has 1 aromatic heterocycles. The summed E-state index contributed by atoms with van der Waals surface area (Å²) in [5, 5.41) is 0. The van der Waals surface area contributed by atoms with E-state index in [2.05, 4.69) is 46.6 Å². The molecule has 0 unspecified atom stereocenters. The fraction of sp³-hybridized carbons (Fsp3) is 1.00. The fourth-order valence-electron chi connectivity index (χ4n) is 0.282. The summed E-state index contributed by atoms with van der Waals surface area (Å²) < 4.78 is 0. The van der Waals surface area contributed by atoms with Gasteiger partial charge in [0, 0.05) is 0 Å². The van der Waals surface area contributed by atoms with Gasteiger partial charge < -0.3 is 0 Å². The molecule has 0 N–H and O–H groups in total. The van der Waals surface area contributed by atoms with Crippen LogP contribution in [0.4, 0.5) is 0 Å². The van der Waals surface area contributed by atoms with Crippen molar-refractivity contribution < 1.29 is 0 Å². The van der Waals surface area contributed by atoms with Crippen LogP contribution in [0.1, 0.15) is 0 Å². The topological polar surface area (TPSA) is 0 Å². The number of rotatable bonds is 1. The van der Waals surface area contributed by atoms with Gasteiger partial charge in [-0.3, -0.25) is 0 Å². The van der Waals surface area contributed by atoms with Crippen molar-refractivity contribution in [2.75, 3.05) is 26.7 Å². The molecule has 0 spiro atoms. The van der Waals surface area contributed by atoms with Gasteiger partial charge in [-0.25, -0.2) is 0 Å². The summed E-state index contributed by atoms with van der Waals surface area (Å²) in [5.41, 5.74) is 0.390. The second-order valence-corrected chi connectivity index (χ2v) is 25.7. The van der Waals surface area contributed by atoms with Crippen molar-refractivity contribution in [2.45, 2.75) is 0 Å². The van der Waals surface area contributed by atoms with Crippen LogP contribution in [0.25, 0.3) is 0 Å². The first-order chi connectivity index (χ1) is 3.36. The third-order valence-corrected chi connectivity index (χ3v) is 25.0. The van der Waals surface area contributed by atoms with Crippen molar-refractivity contribution in [2.24, 2.45) is 0 Å². The summed E-state index contributed by atoms with van der Waals surface area (Å²) in [6.07, 6.45) is -1.08. The Hall–Kier alpha value is 1.17. The Morgan fingerprint density at radius 2 is 1.38 bits per heavy atom. The van der Waals surface area contributed by atoms with Crippen molar-refractivity contribution in [1.82, 2.24) is 0 Å². The van der Waals surface area contributed by atoms with Crippen LogP contribution in [0, 0.1) is 0 Å². The summed E-state index contributed by atoms with van der Waals surface area (Å²) in [6, 6.07) is 0. The molecule has 0 aliphatic heterocycles. The van der Waals surface area contributed by atoms with Crippen molar-refractivity contribution in [3.05, 3.63) is 0 Å². The number of hydrogen-bond donors (Lipinski definition) is 0. The van der Waals surface area contributed by atoms with E-state index < -0.39 is 6.29 Å². The molecule has 4 heteroatoms. The van der Waals surface area contributed by atoms with E-state index in [1.54, 1.807) is 0 Å². The minimum atomic E-state index is -1.08. The monoisotopic (exact) mass is 186 g/mol. The van der Waals surface area contributed by atoms with E-state index in [4.69, 9.17) is 0 Å². The maximum atomic E-state index is 2.46. The van der Waals surface area contributed by atoms with Crippen molar-refractivity contribution in [3.63, 3.8) is 0 Å². The van der Waals surface area contributed by atoms with Crippen LogP contribution < -0.4 is 0 Å². The Morgan fingerprint density at radius 3 is 1.38 bits per heavy atom. The summed E-state index contributed by atoms with van der Waals surface area (Å²) in [6.45, 7) is 9.85. The van der Waals surface area contributed by atoms with Crippen LogP contribution >= 0.6 is 31.8 Å². The zero-order valence-electron chi connectivity index (χ0n) is 5.71. The minimum absolute atomic E-state index is 0.390. The Kier molecular flexibility index (Phi) is 1.46. The maximum absolute atomic E-state index is 2.46. The first-order valence-electron chi connectivity index (χ1n) is 2.52. The molecule has 1 aromatic rings. The van der Waals surface area contributed by atoms with Gasteiger partial charge in [0.1, 0.15) is 0 Å². The van der Waals surface area contributed by atoms with Crippen LogP contribution in [0.5, 0.6) is 0 Å². The Balaban J connectivity index is 2.86. The van der Waals surface area contributed by atoms with Gasteiger partial charge in [-0.05, 0) is 0 Å². The molecule has 0 aromatic carbocycles. The average molecular weight is 186 g/mol. The van der Waals surface area contributed by atoms with Crippen LogP contribution in [-0.4, -0.2) is 26.7 Å². The first-order valence-corrected chi connectivity index (χ1v) is 12.0. The van der Waals surface area contributed by atoms with E-state index in [0.717, 1.165) is 0 Å². The molecule has 0 bridgehead atoms. The molecule has 1 heterocycles. The molecule has 0 saturated heterocycles. The Bertz CT molecular complexity index is 155. The quantitative estimate of drug-likeness (QED) is 0.464. The third-order valence-electron chi connectivity index (χ3n) is 0.794. The fourth-order valence-corrected chi connectivity index (χ4v) is 25.2. The van der Waals surface area contributed by atoms with Gasteiger partial charge in [0.25, 0.3) is 0 Å². The van der Waals surface area contributed by atoms with E-state index in [0.29, 0.717) is 5.58 Å². The van der Waals surface area contributed by atoms with E-state index in [9.17, 15) is 0 Å². The van der Waals surface area contributed by atoms with Crippen LogP contribution in [-0.2, 0) is 0 Å². The van der Waals surface area contributed by atoms with Crippen molar-refractivity contribution >= 4 is 31.8 Å². The van der Waals surface area contributed by atoms with Crippen LogP contribution in [0.15, 0.2) is 0 Å². The standard InChI is InChI=1S/C4H12P2S2/c1-6(2,3,4)5-7-8-5/h1-4H3. The van der Waals surface area contributed by atoms with Crippen LogP contribution in [0.3, 0.4) is 0 Å². The van der Waals surface area contributed by atoms with E-state index >= 15 is 0 Å². The molecule has 0 aliphatic rings. The van der Waals surface area contributed by atoms with Gasteiger partial charge >= 0.3 is 58.4 Å². The molecule has 0 nitrogen and oxygen atoms in total. The van der Waals surface area contributed by atoms with E-state index in [1.165, 1.54) is 0 Å². The molecule has 0 fully saturated rings. The Morgan fingerprint density at radius 1 is 1.00 bits per heavy atom. The van der Waals surface area contributed by atoms with E-state index in [-0.39, 0.29) is 0 Å². The predicted octanol–water partition coefficient (Wildman–Crippen LogP) is 3.63. The zero-order chi connectivity index (χ0) is 6.44. The van der Waals surface area contributed by atoms with Gasteiger partial charge in [-0.15, -0.1) is 0 Å². The molecule has 50 valence electrons. The normalized spacial score (nSPS) is 18.2. The van der Waals surface area contributed by atoms with Crippen molar-refractivity contribution in [3.8, 4) is 0 Å². The zero-order valence-corrected chi connectivity index (χ0v) is 9.13. The first kappa shape index (κ1) is 7.28. The van der Waals surface area contributed by atoms with Crippen molar-refractivity contribution in [1.29, 1.82) is 0 Å². The summed E-state index contributed by atoms with van der Waals surface area (Å²) in [7, 11) is 4.23. The third kappa shape index (κ3) is 1.84. The summed E-state index contributed by atoms with van der Waals surface area (Å²) in [5.74, 6) is 0. The molecule has 0 amide bonds. The average Bonchev–Trinajstić information content (AvgIpc) is 1.93. The molecule has 0 saturated carbocycles. The number of hydrogen-bond acceptors (Lipinski definition) is 2. The van der Waals surface area contributed by atoms with Gasteiger partial charge in [-0.2, -0.15) is 0 Å². The van der Waals surface area contributed by atoms with Crippen LogP contribution in [0.2, 0.25) is 0 Å². The molecule has 8 heavy (non-hydrogen) atoms. The summed E-state index contributed by atoms with van der Waals surface area (Å²) >= 11 is 0. The second kappa shape index (κ2) is 1.61. The van der Waals surface area contributed by atoms with E-state index in [1.807, 2.05) is 0 Å². The Labute approximate surface area is 58.7 Å². The van der Waals surface area contributed by atoms with Gasteiger partial charge in [0.05, 0.1) is 0 Å². The van der Waals surface area contributed by atoms with Gasteiger partial charge in [0.15, 0.2) is 0 Å². The molecule has 1 rings (SSSR count). The molecular weight excluding hydrogens is 174 g/mol. The summed E-state index contributed by atoms with van der Waals surface area (Å²) in [4.78, 5) is 0. The van der Waals surface area contributed by atoms with Gasteiger partial charge in [-0.1, -0.05) is 0 Å². The molecular formula is C4H12P2S2. The SMILES string of the molecule is CP(C)(C)(C)p1ss1. The predicted molar refractivity (Wildman–Crippen MR) is 50.9 cm³/mol.